The molecule has 1 aromatic rings. The predicted molar refractivity (Wildman–Crippen MR) is 80.9 cm³/mol. The van der Waals surface area contributed by atoms with Crippen molar-refractivity contribution < 1.29 is 14.0 Å². The number of aryl methyl sites for hydroxylation is 1. The standard InChI is InChI=1S/C15H25N3O3/c1-6-9(2)16-14(19)12(5)18-15(20)17-11(4)13-8-7-10(3)21-13/h7-9,11-12H,6H2,1-5H3,(H,16,19)(H2,17,18,20)/t9-,11-,12+/m0/s1. The second-order valence-electron chi connectivity index (χ2n) is 5.33. The van der Waals surface area contributed by atoms with Gasteiger partial charge < -0.3 is 20.4 Å². The van der Waals surface area contributed by atoms with Gasteiger partial charge in [-0.25, -0.2) is 4.79 Å². The summed E-state index contributed by atoms with van der Waals surface area (Å²) in [6.45, 7) is 9.23. The summed E-state index contributed by atoms with van der Waals surface area (Å²) in [5.74, 6) is 1.28. The van der Waals surface area contributed by atoms with E-state index in [2.05, 4.69) is 16.0 Å². The molecule has 0 aromatic carbocycles. The number of furan rings is 1. The number of nitrogens with one attached hydrogen (secondary N) is 3. The summed E-state index contributed by atoms with van der Waals surface area (Å²) >= 11 is 0. The maximum atomic E-state index is 11.9. The molecule has 1 aromatic heterocycles. The average molecular weight is 295 g/mol. The fourth-order valence-electron chi connectivity index (χ4n) is 1.73. The van der Waals surface area contributed by atoms with Crippen LogP contribution in [-0.2, 0) is 4.79 Å². The van der Waals surface area contributed by atoms with Gasteiger partial charge in [-0.2, -0.15) is 0 Å². The number of hydrogen-bond acceptors (Lipinski definition) is 3. The van der Waals surface area contributed by atoms with Crippen LogP contribution in [0, 0.1) is 6.92 Å². The third kappa shape index (κ3) is 5.49. The number of amides is 3. The number of rotatable bonds is 6. The van der Waals surface area contributed by atoms with Crippen molar-refractivity contribution in [1.29, 1.82) is 0 Å². The molecular formula is C15H25N3O3. The number of carbonyl (C=O) groups is 2. The fourth-order valence-corrected chi connectivity index (χ4v) is 1.73. The van der Waals surface area contributed by atoms with Gasteiger partial charge >= 0.3 is 6.03 Å². The molecule has 0 aliphatic carbocycles. The van der Waals surface area contributed by atoms with Crippen LogP contribution in [0.3, 0.4) is 0 Å². The molecular weight excluding hydrogens is 270 g/mol. The molecule has 1 heterocycles. The molecule has 0 fully saturated rings. The van der Waals surface area contributed by atoms with Crippen LogP contribution in [0.25, 0.3) is 0 Å². The van der Waals surface area contributed by atoms with E-state index in [-0.39, 0.29) is 18.0 Å². The van der Waals surface area contributed by atoms with Crippen LogP contribution in [0.2, 0.25) is 0 Å². The van der Waals surface area contributed by atoms with Crippen molar-refractivity contribution in [3.63, 3.8) is 0 Å². The zero-order valence-electron chi connectivity index (χ0n) is 13.3. The summed E-state index contributed by atoms with van der Waals surface area (Å²) in [4.78, 5) is 23.7. The highest BCUT2D eigenvalue weighted by Crippen LogP contribution is 2.15. The van der Waals surface area contributed by atoms with Gasteiger partial charge in [0.2, 0.25) is 5.91 Å². The molecule has 0 saturated heterocycles. The maximum absolute atomic E-state index is 11.9. The Morgan fingerprint density at radius 2 is 1.81 bits per heavy atom. The van der Waals surface area contributed by atoms with E-state index in [0.29, 0.717) is 5.76 Å². The van der Waals surface area contributed by atoms with Crippen LogP contribution >= 0.6 is 0 Å². The highest BCUT2D eigenvalue weighted by atomic mass is 16.3. The van der Waals surface area contributed by atoms with Crippen molar-refractivity contribution in [2.45, 2.75) is 59.2 Å². The largest absolute Gasteiger partial charge is 0.464 e. The molecule has 0 saturated carbocycles. The van der Waals surface area contributed by atoms with Crippen LogP contribution in [0.15, 0.2) is 16.5 Å². The highest BCUT2D eigenvalue weighted by molar-refractivity contribution is 5.86. The minimum absolute atomic E-state index is 0.0924. The Morgan fingerprint density at radius 1 is 1.14 bits per heavy atom. The molecule has 0 aliphatic rings. The van der Waals surface area contributed by atoms with Gasteiger partial charge in [0.25, 0.3) is 0 Å². The van der Waals surface area contributed by atoms with Gasteiger partial charge in [0, 0.05) is 6.04 Å². The fraction of sp³-hybridized carbons (Fsp3) is 0.600. The Morgan fingerprint density at radius 3 is 2.33 bits per heavy atom. The van der Waals surface area contributed by atoms with Crippen LogP contribution < -0.4 is 16.0 Å². The van der Waals surface area contributed by atoms with Crippen molar-refractivity contribution in [2.24, 2.45) is 0 Å². The molecule has 3 atom stereocenters. The topological polar surface area (TPSA) is 83.4 Å². The molecule has 0 unspecified atom stereocenters. The summed E-state index contributed by atoms with van der Waals surface area (Å²) in [5.41, 5.74) is 0. The lowest BCUT2D eigenvalue weighted by molar-refractivity contribution is -0.123. The van der Waals surface area contributed by atoms with Gasteiger partial charge in [-0.3, -0.25) is 4.79 Å². The molecule has 3 N–H and O–H groups in total. The molecule has 0 bridgehead atoms. The second-order valence-corrected chi connectivity index (χ2v) is 5.33. The van der Waals surface area contributed by atoms with Gasteiger partial charge in [0.1, 0.15) is 17.6 Å². The minimum atomic E-state index is -0.593. The van der Waals surface area contributed by atoms with E-state index < -0.39 is 12.1 Å². The maximum Gasteiger partial charge on any atom is 0.316 e. The second kappa shape index (κ2) is 7.71. The predicted octanol–water partition coefficient (Wildman–Crippen LogP) is 2.25. The van der Waals surface area contributed by atoms with Gasteiger partial charge in [-0.05, 0) is 46.2 Å². The Hall–Kier alpha value is -1.98. The first-order valence-corrected chi connectivity index (χ1v) is 7.27. The van der Waals surface area contributed by atoms with Gasteiger partial charge in [-0.15, -0.1) is 0 Å². The molecule has 0 radical (unpaired) electrons. The molecule has 6 nitrogen and oxygen atoms in total. The van der Waals surface area contributed by atoms with Gasteiger partial charge in [-0.1, -0.05) is 6.92 Å². The van der Waals surface area contributed by atoms with Crippen LogP contribution in [-0.4, -0.2) is 24.0 Å². The minimum Gasteiger partial charge on any atom is -0.464 e. The number of carbonyl (C=O) groups excluding carboxylic acids is 2. The van der Waals surface area contributed by atoms with Crippen molar-refractivity contribution in [1.82, 2.24) is 16.0 Å². The third-order valence-corrected chi connectivity index (χ3v) is 3.28. The van der Waals surface area contributed by atoms with Gasteiger partial charge in [0.15, 0.2) is 0 Å². The van der Waals surface area contributed by atoms with Crippen LogP contribution in [0.1, 0.15) is 51.7 Å². The lowest BCUT2D eigenvalue weighted by atomic mass is 10.2. The van der Waals surface area contributed by atoms with Crippen molar-refractivity contribution in [2.75, 3.05) is 0 Å². The molecule has 1 rings (SSSR count). The van der Waals surface area contributed by atoms with Crippen molar-refractivity contribution in [3.8, 4) is 0 Å². The Bertz CT molecular complexity index is 484. The molecule has 0 spiro atoms. The lowest BCUT2D eigenvalue weighted by Gasteiger charge is -2.19. The quantitative estimate of drug-likeness (QED) is 0.752. The van der Waals surface area contributed by atoms with E-state index in [0.717, 1.165) is 12.2 Å². The van der Waals surface area contributed by atoms with Crippen molar-refractivity contribution in [3.05, 3.63) is 23.7 Å². The first-order valence-electron chi connectivity index (χ1n) is 7.27. The summed E-state index contributed by atoms with van der Waals surface area (Å²) in [6, 6.07) is 2.50. The van der Waals surface area contributed by atoms with Crippen LogP contribution in [0.4, 0.5) is 4.79 Å². The highest BCUT2D eigenvalue weighted by Gasteiger charge is 2.19. The zero-order chi connectivity index (χ0) is 16.0. The van der Waals surface area contributed by atoms with Crippen molar-refractivity contribution >= 4 is 11.9 Å². The lowest BCUT2D eigenvalue weighted by Crippen LogP contribution is -2.50. The first-order chi connectivity index (χ1) is 9.83. The Balaban J connectivity index is 2.44. The Labute approximate surface area is 125 Å². The molecule has 21 heavy (non-hydrogen) atoms. The van der Waals surface area contributed by atoms with E-state index >= 15 is 0 Å². The van der Waals surface area contributed by atoms with E-state index in [1.807, 2.05) is 39.8 Å². The van der Waals surface area contributed by atoms with E-state index in [1.54, 1.807) is 6.92 Å². The molecule has 118 valence electrons. The summed E-state index contributed by atoms with van der Waals surface area (Å²) < 4.78 is 5.44. The van der Waals surface area contributed by atoms with E-state index in [4.69, 9.17) is 4.42 Å². The third-order valence-electron chi connectivity index (χ3n) is 3.28. The monoisotopic (exact) mass is 295 g/mol. The van der Waals surface area contributed by atoms with E-state index in [9.17, 15) is 9.59 Å². The summed E-state index contributed by atoms with van der Waals surface area (Å²) in [6.07, 6.45) is 0.847. The molecule has 3 amide bonds. The average Bonchev–Trinajstić information content (AvgIpc) is 2.84. The van der Waals surface area contributed by atoms with Gasteiger partial charge in [0.05, 0.1) is 6.04 Å². The van der Waals surface area contributed by atoms with E-state index in [1.165, 1.54) is 0 Å². The number of urea groups is 1. The molecule has 0 aliphatic heterocycles. The Kier molecular flexibility index (Phi) is 6.27. The van der Waals surface area contributed by atoms with Crippen LogP contribution in [0.5, 0.6) is 0 Å². The normalized spacial score (nSPS) is 14.9. The molecule has 6 heteroatoms. The SMILES string of the molecule is CC[C@H](C)NC(=O)[C@@H](C)NC(=O)N[C@@H](C)c1ccc(C)o1. The smallest absolute Gasteiger partial charge is 0.316 e. The first kappa shape index (κ1) is 17.1. The summed E-state index contributed by atoms with van der Waals surface area (Å²) in [7, 11) is 0. The zero-order valence-corrected chi connectivity index (χ0v) is 13.3. The summed E-state index contributed by atoms with van der Waals surface area (Å²) in [5, 5.41) is 8.17. The number of hydrogen-bond donors (Lipinski definition) is 3.